The summed E-state index contributed by atoms with van der Waals surface area (Å²) in [6.07, 6.45) is 0. The Labute approximate surface area is 192 Å². The van der Waals surface area contributed by atoms with Gasteiger partial charge in [-0.3, -0.25) is 4.57 Å². The minimum absolute atomic E-state index is 0.566. The SMILES string of the molecule is Cc1nnc2n1-c1ccccc1C(c1ccc(Cl)cc1)=NN2Cc1ccc(N(C)C)cc1. The van der Waals surface area contributed by atoms with E-state index in [0.29, 0.717) is 17.5 Å². The number of hydrazone groups is 1. The minimum atomic E-state index is 0.566. The second-order valence-corrected chi connectivity index (χ2v) is 8.41. The number of benzene rings is 3. The van der Waals surface area contributed by atoms with E-state index in [1.165, 1.54) is 0 Å². The van der Waals surface area contributed by atoms with Gasteiger partial charge in [-0.1, -0.05) is 54.1 Å². The largest absolute Gasteiger partial charge is 0.378 e. The van der Waals surface area contributed by atoms with Crippen molar-refractivity contribution in [3.05, 3.63) is 100 Å². The third kappa shape index (κ3) is 3.63. The number of halogens is 1. The molecule has 0 amide bonds. The maximum absolute atomic E-state index is 6.15. The Bertz CT molecular complexity index is 1290. The highest BCUT2D eigenvalue weighted by Gasteiger charge is 2.26. The Balaban J connectivity index is 1.66. The highest BCUT2D eigenvalue weighted by Crippen LogP contribution is 2.31. The molecule has 6 nitrogen and oxygen atoms in total. The molecule has 4 aromatic rings. The first-order valence-electron chi connectivity index (χ1n) is 10.4. The Hall–Kier alpha value is -3.64. The summed E-state index contributed by atoms with van der Waals surface area (Å²) in [6, 6.07) is 24.5. The van der Waals surface area contributed by atoms with Crippen LogP contribution in [0.4, 0.5) is 11.6 Å². The Morgan fingerprint density at radius 1 is 0.875 bits per heavy atom. The third-order valence-electron chi connectivity index (χ3n) is 5.56. The molecule has 0 fully saturated rings. The molecule has 1 aromatic heterocycles. The first kappa shape index (κ1) is 20.3. The zero-order valence-corrected chi connectivity index (χ0v) is 19.0. The molecular formula is C25H23ClN6. The number of hydrogen-bond donors (Lipinski definition) is 0. The molecule has 0 atom stereocenters. The molecule has 0 saturated carbocycles. The van der Waals surface area contributed by atoms with E-state index in [1.54, 1.807) is 0 Å². The number of fused-ring (bicyclic) bond motifs is 3. The van der Waals surface area contributed by atoms with Crippen molar-refractivity contribution in [2.24, 2.45) is 5.10 Å². The van der Waals surface area contributed by atoms with E-state index in [9.17, 15) is 0 Å². The standard InChI is InChI=1S/C25H23ClN6/c1-17-27-28-25-31(16-18-8-14-21(15-9-18)30(2)3)29-24(19-10-12-20(26)13-11-19)22-6-4-5-7-23(22)32(17)25/h4-15H,16H2,1-3H3. The first-order valence-corrected chi connectivity index (χ1v) is 10.8. The van der Waals surface area contributed by atoms with Crippen LogP contribution >= 0.6 is 11.6 Å². The van der Waals surface area contributed by atoms with Crippen molar-refractivity contribution < 1.29 is 0 Å². The lowest BCUT2D eigenvalue weighted by Crippen LogP contribution is -2.20. The van der Waals surface area contributed by atoms with Crippen LogP contribution in [0.5, 0.6) is 0 Å². The van der Waals surface area contributed by atoms with Crippen molar-refractivity contribution in [1.82, 2.24) is 14.8 Å². The summed E-state index contributed by atoms with van der Waals surface area (Å²) in [7, 11) is 4.07. The van der Waals surface area contributed by atoms with Gasteiger partial charge >= 0.3 is 0 Å². The molecule has 0 N–H and O–H groups in total. The Kier molecular flexibility index (Phi) is 5.15. The molecule has 0 bridgehead atoms. The molecule has 2 heterocycles. The summed E-state index contributed by atoms with van der Waals surface area (Å²) in [6.45, 7) is 2.53. The topological polar surface area (TPSA) is 49.6 Å². The van der Waals surface area contributed by atoms with E-state index in [-0.39, 0.29) is 0 Å². The van der Waals surface area contributed by atoms with Gasteiger partial charge in [0.2, 0.25) is 0 Å². The number of rotatable bonds is 4. The summed E-state index contributed by atoms with van der Waals surface area (Å²) in [4.78, 5) is 2.09. The van der Waals surface area contributed by atoms with Gasteiger partial charge in [0.25, 0.3) is 5.95 Å². The van der Waals surface area contributed by atoms with Gasteiger partial charge in [-0.15, -0.1) is 10.2 Å². The van der Waals surface area contributed by atoms with Crippen LogP contribution in [0.1, 0.15) is 22.5 Å². The summed E-state index contributed by atoms with van der Waals surface area (Å²) < 4.78 is 2.07. The third-order valence-corrected chi connectivity index (χ3v) is 5.81. The zero-order valence-electron chi connectivity index (χ0n) is 18.2. The first-order chi connectivity index (χ1) is 15.5. The number of anilines is 2. The van der Waals surface area contributed by atoms with Crippen molar-refractivity contribution in [1.29, 1.82) is 0 Å². The normalized spacial score (nSPS) is 12.6. The second kappa shape index (κ2) is 8.13. The zero-order chi connectivity index (χ0) is 22.2. The highest BCUT2D eigenvalue weighted by atomic mass is 35.5. The van der Waals surface area contributed by atoms with Gasteiger partial charge in [0.05, 0.1) is 12.2 Å². The van der Waals surface area contributed by atoms with Crippen LogP contribution in [0.25, 0.3) is 5.69 Å². The molecule has 0 saturated heterocycles. The van der Waals surface area contributed by atoms with Crippen molar-refractivity contribution in [2.75, 3.05) is 24.0 Å². The van der Waals surface area contributed by atoms with Crippen molar-refractivity contribution in [2.45, 2.75) is 13.5 Å². The van der Waals surface area contributed by atoms with Gasteiger partial charge in [-0.25, -0.2) is 5.01 Å². The van der Waals surface area contributed by atoms with Gasteiger partial charge in [-0.2, -0.15) is 5.10 Å². The minimum Gasteiger partial charge on any atom is -0.378 e. The van der Waals surface area contributed by atoms with Crippen LogP contribution in [0.3, 0.4) is 0 Å². The number of para-hydroxylation sites is 1. The fourth-order valence-corrected chi connectivity index (χ4v) is 4.01. The smallest absolute Gasteiger partial charge is 0.252 e. The maximum atomic E-state index is 6.15. The molecule has 0 unspecified atom stereocenters. The molecule has 0 spiro atoms. The molecule has 0 radical (unpaired) electrons. The number of hydrogen-bond acceptors (Lipinski definition) is 5. The van der Waals surface area contributed by atoms with Gasteiger partial charge in [0, 0.05) is 35.9 Å². The van der Waals surface area contributed by atoms with Crippen LogP contribution in [0, 0.1) is 6.92 Å². The molecule has 0 aliphatic carbocycles. The van der Waals surface area contributed by atoms with Crippen LogP contribution in [0.15, 0.2) is 77.9 Å². The van der Waals surface area contributed by atoms with Gasteiger partial charge < -0.3 is 4.90 Å². The van der Waals surface area contributed by atoms with Crippen molar-refractivity contribution in [3.63, 3.8) is 0 Å². The molecule has 160 valence electrons. The monoisotopic (exact) mass is 442 g/mol. The molecule has 1 aliphatic rings. The fourth-order valence-electron chi connectivity index (χ4n) is 3.89. The van der Waals surface area contributed by atoms with E-state index < -0.39 is 0 Å². The second-order valence-electron chi connectivity index (χ2n) is 7.97. The predicted molar refractivity (Wildman–Crippen MR) is 130 cm³/mol. The van der Waals surface area contributed by atoms with Crippen molar-refractivity contribution in [3.8, 4) is 5.69 Å². The Morgan fingerprint density at radius 2 is 1.59 bits per heavy atom. The predicted octanol–water partition coefficient (Wildman–Crippen LogP) is 5.07. The fraction of sp³-hybridized carbons (Fsp3) is 0.160. The summed E-state index contributed by atoms with van der Waals surface area (Å²) in [5.74, 6) is 1.50. The molecule has 32 heavy (non-hydrogen) atoms. The molecule has 3 aromatic carbocycles. The van der Waals surface area contributed by atoms with Gasteiger partial charge in [-0.05, 0) is 42.8 Å². The van der Waals surface area contributed by atoms with E-state index in [0.717, 1.165) is 39.6 Å². The lowest BCUT2D eigenvalue weighted by Gasteiger charge is -2.19. The van der Waals surface area contributed by atoms with E-state index in [4.69, 9.17) is 16.7 Å². The summed E-state index contributed by atoms with van der Waals surface area (Å²) in [5.41, 5.74) is 6.17. The molecular weight excluding hydrogens is 420 g/mol. The van der Waals surface area contributed by atoms with Crippen LogP contribution in [-0.2, 0) is 6.54 Å². The van der Waals surface area contributed by atoms with Crippen LogP contribution < -0.4 is 9.91 Å². The van der Waals surface area contributed by atoms with E-state index in [2.05, 4.69) is 56.1 Å². The van der Waals surface area contributed by atoms with Crippen LogP contribution in [0.2, 0.25) is 5.02 Å². The quantitative estimate of drug-likeness (QED) is 0.443. The van der Waals surface area contributed by atoms with E-state index >= 15 is 0 Å². The average molecular weight is 443 g/mol. The van der Waals surface area contributed by atoms with Gasteiger partial charge in [0.15, 0.2) is 0 Å². The maximum Gasteiger partial charge on any atom is 0.252 e. The lowest BCUT2D eigenvalue weighted by atomic mass is 10.0. The summed E-state index contributed by atoms with van der Waals surface area (Å²) in [5, 5.41) is 16.6. The molecule has 7 heteroatoms. The number of aryl methyl sites for hydroxylation is 1. The van der Waals surface area contributed by atoms with Crippen LogP contribution in [-0.4, -0.2) is 34.6 Å². The highest BCUT2D eigenvalue weighted by molar-refractivity contribution is 6.30. The number of nitrogens with zero attached hydrogens (tertiary/aromatic N) is 6. The molecule has 1 aliphatic heterocycles. The Morgan fingerprint density at radius 3 is 2.31 bits per heavy atom. The van der Waals surface area contributed by atoms with Crippen molar-refractivity contribution >= 4 is 28.9 Å². The number of aromatic nitrogens is 3. The lowest BCUT2D eigenvalue weighted by molar-refractivity contribution is 0.796. The van der Waals surface area contributed by atoms with E-state index in [1.807, 2.05) is 62.4 Å². The molecule has 5 rings (SSSR count). The average Bonchev–Trinajstić information content (AvgIpc) is 3.12. The van der Waals surface area contributed by atoms with Gasteiger partial charge in [0.1, 0.15) is 11.5 Å². The summed E-state index contributed by atoms with van der Waals surface area (Å²) >= 11 is 6.15.